The Bertz CT molecular complexity index is 879. The minimum absolute atomic E-state index is 0.293. The fraction of sp³-hybridized carbons (Fsp3) is 0.133. The molecule has 1 aromatic carbocycles. The maximum atomic E-state index is 12.8. The van der Waals surface area contributed by atoms with Crippen LogP contribution in [0.1, 0.15) is 17.1 Å². The number of thiazole rings is 1. The van der Waals surface area contributed by atoms with Crippen LogP contribution in [0.25, 0.3) is 4.96 Å². The van der Waals surface area contributed by atoms with Gasteiger partial charge in [-0.2, -0.15) is 5.10 Å². The number of aromatic nitrogens is 2. The molecule has 0 aliphatic rings. The van der Waals surface area contributed by atoms with Crippen LogP contribution in [0.15, 0.2) is 34.7 Å². The minimum Gasteiger partial charge on any atom is -0.331 e. The Hall–Kier alpha value is -2.32. The fourth-order valence-electron chi connectivity index (χ4n) is 2.12. The normalized spacial score (nSPS) is 11.3. The Morgan fingerprint density at radius 1 is 1.35 bits per heavy atom. The number of hydrogen-bond donors (Lipinski definition) is 2. The molecular formula is C15H14FN5S2. The van der Waals surface area contributed by atoms with E-state index >= 15 is 0 Å². The van der Waals surface area contributed by atoms with Crippen LogP contribution < -0.4 is 10.7 Å². The van der Waals surface area contributed by atoms with Crippen molar-refractivity contribution in [3.05, 3.63) is 52.5 Å². The van der Waals surface area contributed by atoms with Crippen molar-refractivity contribution in [1.82, 2.24) is 14.8 Å². The zero-order valence-electron chi connectivity index (χ0n) is 12.5. The van der Waals surface area contributed by atoms with Crippen LogP contribution in [0.2, 0.25) is 0 Å². The largest absolute Gasteiger partial charge is 0.331 e. The number of halogens is 1. The van der Waals surface area contributed by atoms with Crippen molar-refractivity contribution in [3.8, 4) is 0 Å². The van der Waals surface area contributed by atoms with Crippen molar-refractivity contribution >= 4 is 45.5 Å². The Balaban J connectivity index is 1.68. The molecule has 0 aliphatic carbocycles. The van der Waals surface area contributed by atoms with E-state index in [0.717, 1.165) is 22.0 Å². The third-order valence-corrected chi connectivity index (χ3v) is 4.35. The van der Waals surface area contributed by atoms with E-state index in [-0.39, 0.29) is 5.82 Å². The van der Waals surface area contributed by atoms with Gasteiger partial charge >= 0.3 is 0 Å². The predicted octanol–water partition coefficient (Wildman–Crippen LogP) is 3.47. The van der Waals surface area contributed by atoms with Crippen molar-refractivity contribution in [3.63, 3.8) is 0 Å². The van der Waals surface area contributed by atoms with Crippen molar-refractivity contribution in [1.29, 1.82) is 0 Å². The number of fused-ring (bicyclic) bond motifs is 1. The Labute approximate surface area is 141 Å². The molecule has 0 saturated heterocycles. The van der Waals surface area contributed by atoms with Gasteiger partial charge in [0.1, 0.15) is 5.82 Å². The number of thiocarbonyl (C=S) groups is 1. The summed E-state index contributed by atoms with van der Waals surface area (Å²) in [7, 11) is 0. The highest BCUT2D eigenvalue weighted by Gasteiger charge is 2.10. The first-order chi connectivity index (χ1) is 11.0. The van der Waals surface area contributed by atoms with Crippen LogP contribution in [0.4, 0.5) is 10.1 Å². The highest BCUT2D eigenvalue weighted by Crippen LogP contribution is 2.19. The molecule has 118 valence electrons. The van der Waals surface area contributed by atoms with E-state index in [4.69, 9.17) is 12.2 Å². The summed E-state index contributed by atoms with van der Waals surface area (Å²) in [4.78, 5) is 5.42. The zero-order chi connectivity index (χ0) is 16.4. The second kappa shape index (κ2) is 6.43. The molecule has 2 heterocycles. The summed E-state index contributed by atoms with van der Waals surface area (Å²) in [5.74, 6) is -0.293. The van der Waals surface area contributed by atoms with Gasteiger partial charge in [0.25, 0.3) is 0 Å². The molecule has 0 aliphatic heterocycles. The summed E-state index contributed by atoms with van der Waals surface area (Å²) < 4.78 is 14.9. The highest BCUT2D eigenvalue weighted by atomic mass is 32.1. The first-order valence-corrected chi connectivity index (χ1v) is 8.12. The average Bonchev–Trinajstić information content (AvgIpc) is 3.02. The number of nitrogens with zero attached hydrogens (tertiary/aromatic N) is 3. The number of benzene rings is 1. The summed E-state index contributed by atoms with van der Waals surface area (Å²) in [6, 6.07) is 5.93. The number of rotatable bonds is 3. The SMILES string of the molecule is Cc1nc2scc(C)n2c1/C=N\NC(=S)Nc1ccc(F)cc1. The molecule has 0 bridgehead atoms. The molecular weight excluding hydrogens is 333 g/mol. The third kappa shape index (κ3) is 3.38. The van der Waals surface area contributed by atoms with Gasteiger partial charge in [-0.05, 0) is 50.3 Å². The van der Waals surface area contributed by atoms with Crippen LogP contribution in [0.3, 0.4) is 0 Å². The van der Waals surface area contributed by atoms with Crippen LogP contribution in [-0.2, 0) is 0 Å². The summed E-state index contributed by atoms with van der Waals surface area (Å²) in [5.41, 5.74) is 6.36. The summed E-state index contributed by atoms with van der Waals surface area (Å²) in [6.45, 7) is 3.96. The van der Waals surface area contributed by atoms with Crippen molar-refractivity contribution in [2.45, 2.75) is 13.8 Å². The lowest BCUT2D eigenvalue weighted by Gasteiger charge is -2.06. The second-order valence-corrected chi connectivity index (χ2v) is 6.15. The van der Waals surface area contributed by atoms with Gasteiger partial charge in [-0.25, -0.2) is 9.37 Å². The van der Waals surface area contributed by atoms with E-state index in [0.29, 0.717) is 10.8 Å². The van der Waals surface area contributed by atoms with Gasteiger partial charge in [0.15, 0.2) is 10.1 Å². The lowest BCUT2D eigenvalue weighted by atomic mass is 10.3. The number of hydrazone groups is 1. The first kappa shape index (κ1) is 15.6. The standard InChI is InChI=1S/C15H14FN5S2/c1-9-8-23-15-18-10(2)13(21(9)15)7-17-20-14(22)19-12-5-3-11(16)4-6-12/h3-8H,1-2H3,(H2,19,20,22)/b17-7-. The predicted molar refractivity (Wildman–Crippen MR) is 95.9 cm³/mol. The molecule has 2 aromatic heterocycles. The molecule has 8 heteroatoms. The van der Waals surface area contributed by atoms with Gasteiger partial charge in [0.2, 0.25) is 0 Å². The Kier molecular flexibility index (Phi) is 4.35. The van der Waals surface area contributed by atoms with Gasteiger partial charge in [0, 0.05) is 16.8 Å². The maximum Gasteiger partial charge on any atom is 0.194 e. The van der Waals surface area contributed by atoms with Crippen molar-refractivity contribution in [2.24, 2.45) is 5.10 Å². The van der Waals surface area contributed by atoms with Crippen molar-refractivity contribution in [2.75, 3.05) is 5.32 Å². The van der Waals surface area contributed by atoms with Gasteiger partial charge in [-0.3, -0.25) is 9.83 Å². The third-order valence-electron chi connectivity index (χ3n) is 3.21. The minimum atomic E-state index is -0.293. The summed E-state index contributed by atoms with van der Waals surface area (Å²) in [5, 5.41) is 9.45. The van der Waals surface area contributed by atoms with Crippen LogP contribution in [0.5, 0.6) is 0 Å². The molecule has 0 saturated carbocycles. The smallest absolute Gasteiger partial charge is 0.194 e. The highest BCUT2D eigenvalue weighted by molar-refractivity contribution is 7.80. The van der Waals surface area contributed by atoms with E-state index in [9.17, 15) is 4.39 Å². The van der Waals surface area contributed by atoms with E-state index in [2.05, 4.69) is 20.8 Å². The average molecular weight is 347 g/mol. The molecule has 0 atom stereocenters. The maximum absolute atomic E-state index is 12.8. The van der Waals surface area contributed by atoms with E-state index < -0.39 is 0 Å². The monoisotopic (exact) mass is 347 g/mol. The van der Waals surface area contributed by atoms with E-state index in [1.54, 1.807) is 29.7 Å². The molecule has 3 aromatic rings. The van der Waals surface area contributed by atoms with Gasteiger partial charge < -0.3 is 5.32 Å². The molecule has 2 N–H and O–H groups in total. The van der Waals surface area contributed by atoms with Gasteiger partial charge in [-0.15, -0.1) is 11.3 Å². The molecule has 0 radical (unpaired) electrons. The van der Waals surface area contributed by atoms with Gasteiger partial charge in [-0.1, -0.05) is 0 Å². The first-order valence-electron chi connectivity index (χ1n) is 6.83. The fourth-order valence-corrected chi connectivity index (χ4v) is 3.21. The van der Waals surface area contributed by atoms with E-state index in [1.807, 2.05) is 23.6 Å². The van der Waals surface area contributed by atoms with E-state index in [1.165, 1.54) is 12.1 Å². The number of nitrogens with one attached hydrogen (secondary N) is 2. The van der Waals surface area contributed by atoms with Crippen molar-refractivity contribution < 1.29 is 4.39 Å². The lowest BCUT2D eigenvalue weighted by molar-refractivity contribution is 0.628. The van der Waals surface area contributed by atoms with Gasteiger partial charge in [0.05, 0.1) is 17.6 Å². The zero-order valence-corrected chi connectivity index (χ0v) is 14.1. The summed E-state index contributed by atoms with van der Waals surface area (Å²) >= 11 is 6.74. The number of hydrogen-bond acceptors (Lipinski definition) is 4. The Morgan fingerprint density at radius 3 is 2.83 bits per heavy atom. The van der Waals surface area contributed by atoms with Crippen LogP contribution in [0, 0.1) is 19.7 Å². The second-order valence-electron chi connectivity index (χ2n) is 4.91. The number of imidazole rings is 1. The summed E-state index contributed by atoms with van der Waals surface area (Å²) in [6.07, 6.45) is 1.69. The van der Waals surface area contributed by atoms with Crippen LogP contribution >= 0.6 is 23.6 Å². The lowest BCUT2D eigenvalue weighted by Crippen LogP contribution is -2.23. The number of aryl methyl sites for hydroxylation is 2. The molecule has 0 spiro atoms. The Morgan fingerprint density at radius 2 is 2.09 bits per heavy atom. The molecule has 0 unspecified atom stereocenters. The molecule has 0 amide bonds. The molecule has 5 nitrogen and oxygen atoms in total. The van der Waals surface area contributed by atoms with Crippen LogP contribution in [-0.4, -0.2) is 20.7 Å². The number of anilines is 1. The quantitative estimate of drug-likeness (QED) is 0.433. The molecule has 23 heavy (non-hydrogen) atoms. The molecule has 0 fully saturated rings. The molecule has 3 rings (SSSR count). The topological polar surface area (TPSA) is 53.7 Å².